The maximum Gasteiger partial charge on any atom is 0.242 e. The average Bonchev–Trinajstić information content (AvgIpc) is 3.09. The summed E-state index contributed by atoms with van der Waals surface area (Å²) in [7, 11) is 0. The highest BCUT2D eigenvalue weighted by atomic mass is 35.5. The minimum absolute atomic E-state index is 0.371. The summed E-state index contributed by atoms with van der Waals surface area (Å²) in [5.74, 6) is 0.173. The molecule has 1 heterocycles. The first kappa shape index (κ1) is 17.2. The van der Waals surface area contributed by atoms with Gasteiger partial charge in [0.25, 0.3) is 0 Å². The van der Waals surface area contributed by atoms with Crippen molar-refractivity contribution >= 4 is 17.5 Å². The van der Waals surface area contributed by atoms with Crippen molar-refractivity contribution in [2.24, 2.45) is 5.73 Å². The van der Waals surface area contributed by atoms with Crippen LogP contribution in [0.15, 0.2) is 65.3 Å². The molecule has 3 N–H and O–H groups in total. The highest BCUT2D eigenvalue weighted by Crippen LogP contribution is 2.27. The fourth-order valence-electron chi connectivity index (χ4n) is 2.60. The van der Waals surface area contributed by atoms with E-state index < -0.39 is 11.4 Å². The van der Waals surface area contributed by atoms with E-state index in [0.29, 0.717) is 17.3 Å². The first-order valence-electron chi connectivity index (χ1n) is 7.80. The smallest absolute Gasteiger partial charge is 0.242 e. The summed E-state index contributed by atoms with van der Waals surface area (Å²) >= 11 is 5.93. The summed E-state index contributed by atoms with van der Waals surface area (Å²) < 4.78 is 5.37. The van der Waals surface area contributed by atoms with Gasteiger partial charge in [-0.1, -0.05) is 47.1 Å². The molecule has 0 aliphatic carbocycles. The van der Waals surface area contributed by atoms with Gasteiger partial charge >= 0.3 is 0 Å². The molecule has 0 aliphatic rings. The van der Waals surface area contributed by atoms with E-state index in [4.69, 9.17) is 21.9 Å². The summed E-state index contributed by atoms with van der Waals surface area (Å²) in [6.07, 6.45) is 1.63. The van der Waals surface area contributed by atoms with Crippen LogP contribution >= 0.6 is 11.6 Å². The number of carbonyl (C=O) groups is 1. The average molecular weight is 356 g/mol. The van der Waals surface area contributed by atoms with E-state index in [1.165, 1.54) is 0 Å². The lowest BCUT2D eigenvalue weighted by molar-refractivity contribution is -0.124. The largest absolute Gasteiger partial charge is 0.368 e. The topological polar surface area (TPSA) is 81.2 Å². The lowest BCUT2D eigenvalue weighted by Crippen LogP contribution is -2.50. The lowest BCUT2D eigenvalue weighted by atomic mass is 9.91. The van der Waals surface area contributed by atoms with E-state index in [9.17, 15) is 4.79 Å². The Morgan fingerprint density at radius 2 is 1.88 bits per heavy atom. The Hall–Kier alpha value is -2.63. The van der Waals surface area contributed by atoms with Gasteiger partial charge in [-0.2, -0.15) is 0 Å². The molecular weight excluding hydrogens is 338 g/mol. The Morgan fingerprint density at radius 1 is 1.20 bits per heavy atom. The standard InChI is InChI=1S/C19H18ClN3O2/c1-19(18(21)24,15-5-3-2-4-6-15)22-11-14-12-23-25-17(14)13-7-9-16(20)10-8-13/h2-10,12,22H,11H2,1H3,(H2,21,24). The third-order valence-electron chi connectivity index (χ3n) is 4.23. The zero-order valence-corrected chi connectivity index (χ0v) is 14.5. The molecule has 3 aromatic rings. The van der Waals surface area contributed by atoms with Crippen LogP contribution in [0, 0.1) is 0 Å². The molecule has 0 aliphatic heterocycles. The van der Waals surface area contributed by atoms with Crippen molar-refractivity contribution in [3.8, 4) is 11.3 Å². The van der Waals surface area contributed by atoms with Gasteiger partial charge in [0.05, 0.1) is 6.20 Å². The monoisotopic (exact) mass is 355 g/mol. The minimum atomic E-state index is -1.00. The molecular formula is C19H18ClN3O2. The quantitative estimate of drug-likeness (QED) is 0.709. The van der Waals surface area contributed by atoms with Gasteiger partial charge in [-0.3, -0.25) is 10.1 Å². The highest BCUT2D eigenvalue weighted by molar-refractivity contribution is 6.30. The van der Waals surface area contributed by atoms with E-state index in [1.54, 1.807) is 25.3 Å². The molecule has 0 fully saturated rings. The van der Waals surface area contributed by atoms with Crippen molar-refractivity contribution in [1.29, 1.82) is 0 Å². The summed E-state index contributed by atoms with van der Waals surface area (Å²) in [4.78, 5) is 12.1. The second kappa shape index (κ2) is 7.09. The fourth-order valence-corrected chi connectivity index (χ4v) is 2.73. The Balaban J connectivity index is 1.85. The molecule has 5 nitrogen and oxygen atoms in total. The van der Waals surface area contributed by atoms with E-state index >= 15 is 0 Å². The van der Waals surface area contributed by atoms with Gasteiger partial charge in [-0.25, -0.2) is 0 Å². The number of nitrogens with zero attached hydrogens (tertiary/aromatic N) is 1. The van der Waals surface area contributed by atoms with Gasteiger partial charge < -0.3 is 10.3 Å². The molecule has 1 unspecified atom stereocenters. The maximum absolute atomic E-state index is 12.1. The second-order valence-corrected chi connectivity index (χ2v) is 6.33. The number of benzene rings is 2. The third-order valence-corrected chi connectivity index (χ3v) is 4.48. The predicted octanol–water partition coefficient (Wildman–Crippen LogP) is 3.49. The Labute approximate surface area is 150 Å². The maximum atomic E-state index is 12.1. The van der Waals surface area contributed by atoms with Crippen LogP contribution in [0.3, 0.4) is 0 Å². The van der Waals surface area contributed by atoms with Gasteiger partial charge in [-0.15, -0.1) is 0 Å². The summed E-state index contributed by atoms with van der Waals surface area (Å²) in [6, 6.07) is 16.7. The van der Waals surface area contributed by atoms with Gasteiger partial charge in [0, 0.05) is 22.7 Å². The number of nitrogens with one attached hydrogen (secondary N) is 1. The van der Waals surface area contributed by atoms with Gasteiger partial charge in [-0.05, 0) is 36.8 Å². The van der Waals surface area contributed by atoms with Crippen molar-refractivity contribution in [2.75, 3.05) is 0 Å². The van der Waals surface area contributed by atoms with Crippen LogP contribution in [-0.4, -0.2) is 11.1 Å². The Bertz CT molecular complexity index is 862. The first-order chi connectivity index (χ1) is 12.0. The number of halogens is 1. The van der Waals surface area contributed by atoms with E-state index in [-0.39, 0.29) is 0 Å². The molecule has 25 heavy (non-hydrogen) atoms. The molecule has 1 aromatic heterocycles. The van der Waals surface area contributed by atoms with Crippen LogP contribution in [0.1, 0.15) is 18.1 Å². The normalized spacial score (nSPS) is 13.4. The van der Waals surface area contributed by atoms with E-state index in [1.807, 2.05) is 42.5 Å². The highest BCUT2D eigenvalue weighted by Gasteiger charge is 2.33. The number of primary amides is 1. The van der Waals surface area contributed by atoms with Gasteiger partial charge in [0.2, 0.25) is 5.91 Å². The number of rotatable bonds is 6. The number of carbonyl (C=O) groups excluding carboxylic acids is 1. The van der Waals surface area contributed by atoms with Crippen LogP contribution in [0.25, 0.3) is 11.3 Å². The number of aromatic nitrogens is 1. The van der Waals surface area contributed by atoms with Crippen molar-refractivity contribution in [3.05, 3.63) is 76.9 Å². The van der Waals surface area contributed by atoms with Crippen molar-refractivity contribution in [1.82, 2.24) is 10.5 Å². The van der Waals surface area contributed by atoms with E-state index in [0.717, 1.165) is 16.7 Å². The Kier molecular flexibility index (Phi) is 4.88. The number of amides is 1. The summed E-state index contributed by atoms with van der Waals surface area (Å²) in [6.45, 7) is 2.13. The van der Waals surface area contributed by atoms with Crippen molar-refractivity contribution in [2.45, 2.75) is 19.0 Å². The molecule has 1 amide bonds. The molecule has 0 saturated heterocycles. The zero-order chi connectivity index (χ0) is 17.9. The van der Waals surface area contributed by atoms with Crippen molar-refractivity contribution in [3.63, 3.8) is 0 Å². The minimum Gasteiger partial charge on any atom is -0.368 e. The van der Waals surface area contributed by atoms with Crippen LogP contribution in [0.4, 0.5) is 0 Å². The van der Waals surface area contributed by atoms with Crippen molar-refractivity contribution < 1.29 is 9.32 Å². The molecule has 0 bridgehead atoms. The SMILES string of the molecule is CC(NCc1cnoc1-c1ccc(Cl)cc1)(C(N)=O)c1ccccc1. The Morgan fingerprint density at radius 3 is 2.52 bits per heavy atom. The lowest BCUT2D eigenvalue weighted by Gasteiger charge is -2.28. The molecule has 1 atom stereocenters. The summed E-state index contributed by atoms with van der Waals surface area (Å²) in [5, 5.41) is 7.76. The predicted molar refractivity (Wildman–Crippen MR) is 96.8 cm³/mol. The number of hydrogen-bond donors (Lipinski definition) is 2. The van der Waals surface area contributed by atoms with Crippen LogP contribution in [0.5, 0.6) is 0 Å². The fraction of sp³-hybridized carbons (Fsp3) is 0.158. The van der Waals surface area contributed by atoms with E-state index in [2.05, 4.69) is 10.5 Å². The molecule has 6 heteroatoms. The molecule has 0 saturated carbocycles. The summed E-state index contributed by atoms with van der Waals surface area (Å²) in [5.41, 5.74) is 7.13. The second-order valence-electron chi connectivity index (χ2n) is 5.90. The first-order valence-corrected chi connectivity index (χ1v) is 8.18. The van der Waals surface area contributed by atoms with Crippen LogP contribution in [0.2, 0.25) is 5.02 Å². The van der Waals surface area contributed by atoms with Gasteiger partial charge in [0.1, 0.15) is 5.54 Å². The number of nitrogens with two attached hydrogens (primary N) is 1. The zero-order valence-electron chi connectivity index (χ0n) is 13.7. The van der Waals surface area contributed by atoms with Gasteiger partial charge in [0.15, 0.2) is 5.76 Å². The van der Waals surface area contributed by atoms with Crippen LogP contribution < -0.4 is 11.1 Å². The molecule has 0 radical (unpaired) electrons. The molecule has 3 rings (SSSR count). The molecule has 2 aromatic carbocycles. The third kappa shape index (κ3) is 3.57. The number of hydrogen-bond acceptors (Lipinski definition) is 4. The van der Waals surface area contributed by atoms with Crippen LogP contribution in [-0.2, 0) is 16.9 Å². The molecule has 128 valence electrons. The molecule has 0 spiro atoms.